The summed E-state index contributed by atoms with van der Waals surface area (Å²) in [5.41, 5.74) is 0. The molecule has 2 N–H and O–H groups in total. The van der Waals surface area contributed by atoms with E-state index in [0.717, 1.165) is 43.8 Å². The highest BCUT2D eigenvalue weighted by molar-refractivity contribution is 5.79. The van der Waals surface area contributed by atoms with Crippen molar-refractivity contribution in [2.24, 2.45) is 10.9 Å². The fourth-order valence-corrected chi connectivity index (χ4v) is 4.28. The Morgan fingerprint density at radius 2 is 1.96 bits per heavy atom. The zero-order chi connectivity index (χ0) is 18.9. The van der Waals surface area contributed by atoms with E-state index in [1.54, 1.807) is 6.26 Å². The van der Waals surface area contributed by atoms with Crippen LogP contribution in [-0.2, 0) is 0 Å². The summed E-state index contributed by atoms with van der Waals surface area (Å²) in [6.45, 7) is 6.58. The Morgan fingerprint density at radius 3 is 2.63 bits per heavy atom. The van der Waals surface area contributed by atoms with Crippen molar-refractivity contribution < 1.29 is 4.42 Å². The highest BCUT2D eigenvalue weighted by Gasteiger charge is 2.24. The fourth-order valence-electron chi connectivity index (χ4n) is 4.28. The molecule has 1 aromatic rings. The molecule has 0 amide bonds. The van der Waals surface area contributed by atoms with Crippen molar-refractivity contribution in [1.82, 2.24) is 20.4 Å². The lowest BCUT2D eigenvalue weighted by molar-refractivity contribution is 0.146. The van der Waals surface area contributed by atoms with Crippen molar-refractivity contribution in [3.05, 3.63) is 24.2 Å². The van der Waals surface area contributed by atoms with Crippen LogP contribution >= 0.6 is 0 Å². The van der Waals surface area contributed by atoms with E-state index in [-0.39, 0.29) is 6.04 Å². The molecular formula is C21H37N5O. The second kappa shape index (κ2) is 10.7. The molecule has 6 nitrogen and oxygen atoms in total. The zero-order valence-electron chi connectivity index (χ0n) is 17.1. The number of furan rings is 1. The van der Waals surface area contributed by atoms with Gasteiger partial charge in [0, 0.05) is 20.1 Å². The summed E-state index contributed by atoms with van der Waals surface area (Å²) >= 11 is 0. The van der Waals surface area contributed by atoms with Gasteiger partial charge in [0.15, 0.2) is 5.96 Å². The number of hydrogen-bond acceptors (Lipinski definition) is 4. The van der Waals surface area contributed by atoms with E-state index >= 15 is 0 Å². The van der Waals surface area contributed by atoms with Crippen LogP contribution in [0.5, 0.6) is 0 Å². The van der Waals surface area contributed by atoms with Gasteiger partial charge in [-0.2, -0.15) is 0 Å². The third kappa shape index (κ3) is 6.25. The molecule has 27 heavy (non-hydrogen) atoms. The van der Waals surface area contributed by atoms with Crippen molar-refractivity contribution >= 4 is 5.96 Å². The van der Waals surface area contributed by atoms with E-state index in [2.05, 4.69) is 38.5 Å². The summed E-state index contributed by atoms with van der Waals surface area (Å²) in [7, 11) is 4.08. The van der Waals surface area contributed by atoms with Gasteiger partial charge in [0.2, 0.25) is 0 Å². The topological polar surface area (TPSA) is 56.0 Å². The van der Waals surface area contributed by atoms with Gasteiger partial charge < -0.3 is 20.0 Å². The van der Waals surface area contributed by atoms with E-state index in [1.165, 1.54) is 51.6 Å². The van der Waals surface area contributed by atoms with E-state index in [1.807, 2.05) is 13.1 Å². The SMILES string of the molecule is CN=C(NCCC1CCN(C)CC1)NCC(c1ccco1)N1CCCCC1. The minimum atomic E-state index is 0.271. The summed E-state index contributed by atoms with van der Waals surface area (Å²) in [6.07, 6.45) is 9.54. The number of guanidine groups is 1. The molecule has 1 atom stereocenters. The Labute approximate surface area is 164 Å². The molecule has 2 aliphatic heterocycles. The molecule has 6 heteroatoms. The Kier molecular flexibility index (Phi) is 8.02. The van der Waals surface area contributed by atoms with Crippen LogP contribution in [-0.4, -0.2) is 69.1 Å². The molecule has 3 heterocycles. The predicted octanol–water partition coefficient (Wildman–Crippen LogP) is 2.70. The molecule has 0 saturated carbocycles. The number of nitrogens with zero attached hydrogens (tertiary/aromatic N) is 3. The van der Waals surface area contributed by atoms with Crippen LogP contribution in [0.3, 0.4) is 0 Å². The van der Waals surface area contributed by atoms with E-state index in [4.69, 9.17) is 4.42 Å². The standard InChI is InChI=1S/C21H37N5O/c1-22-21(23-11-8-18-9-14-25(2)15-10-18)24-17-19(20-7-6-16-27-20)26-12-4-3-5-13-26/h6-7,16,18-19H,3-5,8-15,17H2,1-2H3,(H2,22,23,24). The number of rotatable bonds is 7. The normalized spacial score (nSPS) is 21.9. The van der Waals surface area contributed by atoms with Crippen LogP contribution in [0.2, 0.25) is 0 Å². The van der Waals surface area contributed by atoms with Gasteiger partial charge in [-0.05, 0) is 83.4 Å². The van der Waals surface area contributed by atoms with E-state index in [0.29, 0.717) is 0 Å². The number of nitrogens with one attached hydrogen (secondary N) is 2. The van der Waals surface area contributed by atoms with Crippen molar-refractivity contribution in [3.8, 4) is 0 Å². The lowest BCUT2D eigenvalue weighted by Crippen LogP contribution is -2.44. The average Bonchev–Trinajstić information content (AvgIpc) is 3.23. The van der Waals surface area contributed by atoms with E-state index in [9.17, 15) is 0 Å². The molecule has 2 fully saturated rings. The summed E-state index contributed by atoms with van der Waals surface area (Å²) in [4.78, 5) is 9.39. The maximum atomic E-state index is 5.74. The van der Waals surface area contributed by atoms with Gasteiger partial charge in [0.05, 0.1) is 12.3 Å². The minimum Gasteiger partial charge on any atom is -0.468 e. The molecule has 0 aromatic carbocycles. The number of hydrogen-bond donors (Lipinski definition) is 2. The summed E-state index contributed by atoms with van der Waals surface area (Å²) < 4.78 is 5.74. The van der Waals surface area contributed by atoms with Crippen LogP contribution in [0.1, 0.15) is 50.3 Å². The Hall–Kier alpha value is -1.53. The van der Waals surface area contributed by atoms with Crippen LogP contribution in [0.25, 0.3) is 0 Å². The third-order valence-corrected chi connectivity index (χ3v) is 6.07. The monoisotopic (exact) mass is 375 g/mol. The lowest BCUT2D eigenvalue weighted by Gasteiger charge is -2.33. The Bertz CT molecular complexity index is 545. The Morgan fingerprint density at radius 1 is 1.19 bits per heavy atom. The molecule has 0 spiro atoms. The van der Waals surface area contributed by atoms with Gasteiger partial charge >= 0.3 is 0 Å². The quantitative estimate of drug-likeness (QED) is 0.567. The second-order valence-corrected chi connectivity index (χ2v) is 8.04. The first kappa shape index (κ1) is 20.2. The highest BCUT2D eigenvalue weighted by Crippen LogP contribution is 2.24. The molecule has 0 radical (unpaired) electrons. The van der Waals surface area contributed by atoms with Gasteiger partial charge in [-0.3, -0.25) is 9.89 Å². The van der Waals surface area contributed by atoms with Crippen molar-refractivity contribution in [2.45, 2.75) is 44.6 Å². The second-order valence-electron chi connectivity index (χ2n) is 8.04. The minimum absolute atomic E-state index is 0.271. The van der Waals surface area contributed by atoms with Crippen LogP contribution in [0, 0.1) is 5.92 Å². The number of likely N-dealkylation sites (tertiary alicyclic amines) is 2. The van der Waals surface area contributed by atoms with Gasteiger partial charge in [-0.1, -0.05) is 6.42 Å². The maximum absolute atomic E-state index is 5.74. The molecule has 2 aliphatic rings. The molecule has 0 bridgehead atoms. The summed E-state index contributed by atoms with van der Waals surface area (Å²) in [6, 6.07) is 4.35. The van der Waals surface area contributed by atoms with Crippen LogP contribution in [0.15, 0.2) is 27.8 Å². The van der Waals surface area contributed by atoms with Gasteiger partial charge in [0.1, 0.15) is 5.76 Å². The van der Waals surface area contributed by atoms with Crippen LogP contribution < -0.4 is 10.6 Å². The van der Waals surface area contributed by atoms with Crippen LogP contribution in [0.4, 0.5) is 0 Å². The highest BCUT2D eigenvalue weighted by atomic mass is 16.3. The number of aliphatic imine (C=N–C) groups is 1. The van der Waals surface area contributed by atoms with Gasteiger partial charge in [0.25, 0.3) is 0 Å². The average molecular weight is 376 g/mol. The van der Waals surface area contributed by atoms with Gasteiger partial charge in [-0.15, -0.1) is 0 Å². The smallest absolute Gasteiger partial charge is 0.191 e. The van der Waals surface area contributed by atoms with Crippen molar-refractivity contribution in [2.75, 3.05) is 53.4 Å². The molecule has 2 saturated heterocycles. The zero-order valence-corrected chi connectivity index (χ0v) is 17.1. The Balaban J connectivity index is 1.45. The first-order valence-corrected chi connectivity index (χ1v) is 10.7. The molecule has 152 valence electrons. The summed E-state index contributed by atoms with van der Waals surface area (Å²) in [5.74, 6) is 2.79. The molecule has 3 rings (SSSR count). The predicted molar refractivity (Wildman–Crippen MR) is 111 cm³/mol. The fraction of sp³-hybridized carbons (Fsp3) is 0.762. The van der Waals surface area contributed by atoms with Crippen molar-refractivity contribution in [3.63, 3.8) is 0 Å². The molecule has 1 unspecified atom stereocenters. The molecular weight excluding hydrogens is 338 g/mol. The third-order valence-electron chi connectivity index (χ3n) is 6.07. The van der Waals surface area contributed by atoms with Gasteiger partial charge in [-0.25, -0.2) is 0 Å². The first-order chi connectivity index (χ1) is 13.3. The molecule has 0 aliphatic carbocycles. The summed E-state index contributed by atoms with van der Waals surface area (Å²) in [5, 5.41) is 7.04. The maximum Gasteiger partial charge on any atom is 0.191 e. The largest absolute Gasteiger partial charge is 0.468 e. The first-order valence-electron chi connectivity index (χ1n) is 10.7. The van der Waals surface area contributed by atoms with E-state index < -0.39 is 0 Å². The number of piperidine rings is 2. The lowest BCUT2D eigenvalue weighted by atomic mass is 9.94. The van der Waals surface area contributed by atoms with Crippen molar-refractivity contribution in [1.29, 1.82) is 0 Å². The molecule has 1 aromatic heterocycles.